The zero-order chi connectivity index (χ0) is 46.8. The summed E-state index contributed by atoms with van der Waals surface area (Å²) in [4.78, 5) is 25.7. The molecule has 0 radical (unpaired) electrons. The van der Waals surface area contributed by atoms with E-state index in [1.165, 1.54) is 64.2 Å². The number of hydrogen-bond donors (Lipinski definition) is 7. The summed E-state index contributed by atoms with van der Waals surface area (Å²) in [5.74, 6) is -0.962. The molecule has 2 aliphatic heterocycles. The largest absolute Gasteiger partial charge is 0.462 e. The number of carbonyl (C=O) groups excluding carboxylic acids is 2. The number of unbranched alkanes of at least 4 members (excludes halogenated alkanes) is 18. The van der Waals surface area contributed by atoms with Crippen molar-refractivity contribution >= 4 is 11.9 Å². The molecule has 0 aromatic rings. The van der Waals surface area contributed by atoms with E-state index in [1.54, 1.807) is 0 Å². The van der Waals surface area contributed by atoms with Crippen LogP contribution in [0.1, 0.15) is 168 Å². The van der Waals surface area contributed by atoms with E-state index in [1.807, 2.05) is 0 Å². The highest BCUT2D eigenvalue weighted by molar-refractivity contribution is 5.70. The van der Waals surface area contributed by atoms with Crippen molar-refractivity contribution in [2.75, 3.05) is 26.4 Å². The number of esters is 2. The molecule has 0 bridgehead atoms. The van der Waals surface area contributed by atoms with Crippen molar-refractivity contribution < 1.29 is 73.8 Å². The van der Waals surface area contributed by atoms with Gasteiger partial charge in [-0.05, 0) is 64.2 Å². The summed E-state index contributed by atoms with van der Waals surface area (Å²) < 4.78 is 33.5. The van der Waals surface area contributed by atoms with Crippen molar-refractivity contribution in [2.45, 2.75) is 235 Å². The maximum absolute atomic E-state index is 12.9. The Bertz CT molecular complexity index is 1260. The van der Waals surface area contributed by atoms with Gasteiger partial charge in [0, 0.05) is 12.8 Å². The van der Waals surface area contributed by atoms with Gasteiger partial charge in [0.1, 0.15) is 55.4 Å². The third-order valence-electron chi connectivity index (χ3n) is 11.6. The molecular formula is C49H86O15. The Balaban J connectivity index is 1.85. The van der Waals surface area contributed by atoms with Crippen LogP contribution in [0.15, 0.2) is 36.5 Å². The SMILES string of the molecule is CCCCCC/C=C/C=C/CCCCCCCC(=O)OC[C@H](CO[C@@H]1O[C@H](CO[C@@H]2O[C@H](CO)[C@H](O)C(O)C2O)[C@H](O)C(O)C1O)OC(=O)CCCCC/C=C/CCCCCCCC. The Morgan fingerprint density at radius 1 is 0.500 bits per heavy atom. The molecule has 372 valence electrons. The highest BCUT2D eigenvalue weighted by atomic mass is 16.7. The number of aliphatic hydroxyl groups is 7. The van der Waals surface area contributed by atoms with Gasteiger partial charge in [-0.15, -0.1) is 0 Å². The predicted molar refractivity (Wildman–Crippen MR) is 243 cm³/mol. The lowest BCUT2D eigenvalue weighted by Crippen LogP contribution is -2.61. The van der Waals surface area contributed by atoms with Crippen LogP contribution in [0.4, 0.5) is 0 Å². The third-order valence-corrected chi connectivity index (χ3v) is 11.6. The Kier molecular flexibility index (Phi) is 33.3. The van der Waals surface area contributed by atoms with Crippen molar-refractivity contribution in [1.29, 1.82) is 0 Å². The van der Waals surface area contributed by atoms with Gasteiger partial charge in [-0.25, -0.2) is 0 Å². The van der Waals surface area contributed by atoms with E-state index in [2.05, 4.69) is 50.3 Å². The van der Waals surface area contributed by atoms with Gasteiger partial charge in [0.25, 0.3) is 0 Å². The van der Waals surface area contributed by atoms with E-state index in [0.717, 1.165) is 64.2 Å². The fourth-order valence-corrected chi connectivity index (χ4v) is 7.49. The molecule has 2 aliphatic rings. The molecule has 0 spiro atoms. The molecule has 2 heterocycles. The Morgan fingerprint density at radius 2 is 0.938 bits per heavy atom. The van der Waals surface area contributed by atoms with Gasteiger partial charge in [0.2, 0.25) is 0 Å². The number of rotatable bonds is 37. The van der Waals surface area contributed by atoms with E-state index >= 15 is 0 Å². The van der Waals surface area contributed by atoms with Crippen LogP contribution in [0.2, 0.25) is 0 Å². The van der Waals surface area contributed by atoms with Crippen LogP contribution in [0.3, 0.4) is 0 Å². The minimum Gasteiger partial charge on any atom is -0.462 e. The maximum atomic E-state index is 12.9. The topological polar surface area (TPSA) is 231 Å². The molecule has 2 saturated heterocycles. The number of carbonyl (C=O) groups is 2. The predicted octanol–water partition coefficient (Wildman–Crippen LogP) is 6.15. The lowest BCUT2D eigenvalue weighted by molar-refractivity contribution is -0.332. The van der Waals surface area contributed by atoms with E-state index in [4.69, 9.17) is 28.4 Å². The Hall–Kier alpha value is -2.28. The minimum absolute atomic E-state index is 0.141. The third kappa shape index (κ3) is 25.0. The summed E-state index contributed by atoms with van der Waals surface area (Å²) in [7, 11) is 0. The molecule has 0 aromatic carbocycles. The minimum atomic E-state index is -1.77. The second kappa shape index (κ2) is 36.8. The Labute approximate surface area is 383 Å². The number of hydrogen-bond acceptors (Lipinski definition) is 15. The van der Waals surface area contributed by atoms with Gasteiger partial charge in [-0.3, -0.25) is 9.59 Å². The number of aliphatic hydroxyl groups excluding tert-OH is 7. The molecular weight excluding hydrogens is 829 g/mol. The van der Waals surface area contributed by atoms with Gasteiger partial charge in [-0.1, -0.05) is 127 Å². The van der Waals surface area contributed by atoms with Crippen LogP contribution >= 0.6 is 0 Å². The van der Waals surface area contributed by atoms with Crippen LogP contribution in [0.25, 0.3) is 0 Å². The van der Waals surface area contributed by atoms with Crippen LogP contribution in [-0.2, 0) is 38.0 Å². The first-order chi connectivity index (χ1) is 31.0. The summed E-state index contributed by atoms with van der Waals surface area (Å²) in [6.07, 6.45) is 20.3. The van der Waals surface area contributed by atoms with Crippen molar-refractivity contribution in [3.05, 3.63) is 36.5 Å². The van der Waals surface area contributed by atoms with Crippen molar-refractivity contribution in [3.63, 3.8) is 0 Å². The molecule has 15 heteroatoms. The first-order valence-electron chi connectivity index (χ1n) is 24.6. The normalized spacial score (nSPS) is 26.9. The first kappa shape index (κ1) is 57.8. The fourth-order valence-electron chi connectivity index (χ4n) is 7.49. The van der Waals surface area contributed by atoms with Gasteiger partial charge < -0.3 is 64.2 Å². The van der Waals surface area contributed by atoms with E-state index in [-0.39, 0.29) is 19.4 Å². The molecule has 0 aliphatic carbocycles. The number of allylic oxidation sites excluding steroid dienone is 6. The highest BCUT2D eigenvalue weighted by Crippen LogP contribution is 2.26. The molecule has 2 fully saturated rings. The monoisotopic (exact) mass is 915 g/mol. The van der Waals surface area contributed by atoms with E-state index < -0.39 is 99.3 Å². The van der Waals surface area contributed by atoms with E-state index in [0.29, 0.717) is 12.8 Å². The molecule has 64 heavy (non-hydrogen) atoms. The van der Waals surface area contributed by atoms with Gasteiger partial charge >= 0.3 is 11.9 Å². The van der Waals surface area contributed by atoms with Crippen LogP contribution in [-0.4, -0.2) is 142 Å². The molecule has 11 atom stereocenters. The second-order valence-electron chi connectivity index (χ2n) is 17.3. The summed E-state index contributed by atoms with van der Waals surface area (Å²) in [6, 6.07) is 0. The van der Waals surface area contributed by atoms with Gasteiger partial charge in [-0.2, -0.15) is 0 Å². The molecule has 0 saturated carbocycles. The molecule has 2 rings (SSSR count). The average Bonchev–Trinajstić information content (AvgIpc) is 3.29. The summed E-state index contributed by atoms with van der Waals surface area (Å²) in [6.45, 7) is 2.51. The van der Waals surface area contributed by atoms with Crippen LogP contribution in [0, 0.1) is 0 Å². The Morgan fingerprint density at radius 3 is 1.50 bits per heavy atom. The van der Waals surface area contributed by atoms with Crippen molar-refractivity contribution in [1.82, 2.24) is 0 Å². The van der Waals surface area contributed by atoms with E-state index in [9.17, 15) is 45.3 Å². The molecule has 7 N–H and O–H groups in total. The highest BCUT2D eigenvalue weighted by Gasteiger charge is 2.47. The van der Waals surface area contributed by atoms with Crippen LogP contribution < -0.4 is 0 Å². The molecule has 4 unspecified atom stereocenters. The molecule has 0 amide bonds. The first-order valence-corrected chi connectivity index (χ1v) is 24.6. The van der Waals surface area contributed by atoms with Gasteiger partial charge in [0.05, 0.1) is 19.8 Å². The average molecular weight is 915 g/mol. The lowest BCUT2D eigenvalue weighted by Gasteiger charge is -2.42. The lowest BCUT2D eigenvalue weighted by atomic mass is 9.98. The summed E-state index contributed by atoms with van der Waals surface area (Å²) >= 11 is 0. The van der Waals surface area contributed by atoms with Gasteiger partial charge in [0.15, 0.2) is 18.7 Å². The second-order valence-corrected chi connectivity index (χ2v) is 17.3. The number of ether oxygens (including phenoxy) is 6. The zero-order valence-electron chi connectivity index (χ0n) is 39.0. The zero-order valence-corrected chi connectivity index (χ0v) is 39.0. The maximum Gasteiger partial charge on any atom is 0.306 e. The van der Waals surface area contributed by atoms with Crippen molar-refractivity contribution in [2.24, 2.45) is 0 Å². The quantitative estimate of drug-likeness (QED) is 0.0160. The smallest absolute Gasteiger partial charge is 0.306 e. The molecule has 15 nitrogen and oxygen atoms in total. The molecule has 0 aromatic heterocycles. The standard InChI is InChI=1S/C49H86O15/c1-3-5-7-9-11-13-15-17-18-20-21-23-25-27-29-31-40(51)59-34-37(62-41(52)32-30-28-26-24-22-19-16-14-12-10-8-6-4-2)35-60-48-47(58)45(56)43(54)39(64-48)36-61-49-46(57)44(55)42(53)38(33-50)63-49/h13,15,17-19,22,37-39,42-50,53-58H,3-12,14,16,20-21,23-36H2,1-2H3/b15-13+,18-17+,22-19+/t37-,38-,39-,42+,43+,44?,45?,46?,47?,48-,49-/m1/s1. The van der Waals surface area contributed by atoms with Crippen LogP contribution in [0.5, 0.6) is 0 Å². The summed E-state index contributed by atoms with van der Waals surface area (Å²) in [5.41, 5.74) is 0. The fraction of sp³-hybridized carbons (Fsp3) is 0.837. The summed E-state index contributed by atoms with van der Waals surface area (Å²) in [5, 5.41) is 72.0. The van der Waals surface area contributed by atoms with Crippen molar-refractivity contribution in [3.8, 4) is 0 Å².